The van der Waals surface area contributed by atoms with E-state index in [9.17, 15) is 4.39 Å². The standard InChI is InChI=1S/C14H15FN4O/c1-4-20-13-6-5-10(7-12(13)15)17-14-11(8-16)9(2)18-19(14)3/h5-7,17H,4H2,1-3H3. The molecule has 2 aromatic rings. The third-order valence-corrected chi connectivity index (χ3v) is 2.83. The third kappa shape index (κ3) is 2.57. The molecule has 1 aromatic carbocycles. The Morgan fingerprint density at radius 1 is 1.50 bits per heavy atom. The van der Waals surface area contributed by atoms with Gasteiger partial charge in [-0.05, 0) is 26.0 Å². The van der Waals surface area contributed by atoms with E-state index in [0.717, 1.165) is 0 Å². The van der Waals surface area contributed by atoms with Crippen LogP contribution in [-0.4, -0.2) is 16.4 Å². The SMILES string of the molecule is CCOc1ccc(Nc2c(C#N)c(C)nn2C)cc1F. The van der Waals surface area contributed by atoms with Crippen LogP contribution in [0.15, 0.2) is 18.2 Å². The number of aryl methyl sites for hydroxylation is 2. The van der Waals surface area contributed by atoms with Crippen molar-refractivity contribution in [3.8, 4) is 11.8 Å². The molecule has 5 nitrogen and oxygen atoms in total. The highest BCUT2D eigenvalue weighted by atomic mass is 19.1. The number of nitrogens with zero attached hydrogens (tertiary/aromatic N) is 3. The first-order chi connectivity index (χ1) is 9.56. The maximum Gasteiger partial charge on any atom is 0.167 e. The molecular formula is C14H15FN4O. The van der Waals surface area contributed by atoms with Crippen molar-refractivity contribution in [2.45, 2.75) is 13.8 Å². The molecule has 2 rings (SSSR count). The van der Waals surface area contributed by atoms with E-state index in [1.165, 1.54) is 6.07 Å². The lowest BCUT2D eigenvalue weighted by molar-refractivity contribution is 0.321. The van der Waals surface area contributed by atoms with Crippen LogP contribution < -0.4 is 10.1 Å². The van der Waals surface area contributed by atoms with Crippen LogP contribution in [0.3, 0.4) is 0 Å². The van der Waals surface area contributed by atoms with Crippen LogP contribution in [-0.2, 0) is 7.05 Å². The van der Waals surface area contributed by atoms with Gasteiger partial charge in [-0.1, -0.05) is 0 Å². The number of aromatic nitrogens is 2. The molecular weight excluding hydrogens is 259 g/mol. The first-order valence-corrected chi connectivity index (χ1v) is 6.19. The van der Waals surface area contributed by atoms with Gasteiger partial charge in [-0.2, -0.15) is 10.4 Å². The van der Waals surface area contributed by atoms with E-state index in [1.807, 2.05) is 0 Å². The highest BCUT2D eigenvalue weighted by molar-refractivity contribution is 5.65. The second-order valence-corrected chi connectivity index (χ2v) is 4.25. The second-order valence-electron chi connectivity index (χ2n) is 4.25. The number of rotatable bonds is 4. The fourth-order valence-electron chi connectivity index (χ4n) is 1.92. The van der Waals surface area contributed by atoms with Crippen molar-refractivity contribution in [1.29, 1.82) is 5.26 Å². The monoisotopic (exact) mass is 274 g/mol. The van der Waals surface area contributed by atoms with Crippen molar-refractivity contribution in [1.82, 2.24) is 9.78 Å². The summed E-state index contributed by atoms with van der Waals surface area (Å²) in [4.78, 5) is 0. The summed E-state index contributed by atoms with van der Waals surface area (Å²) >= 11 is 0. The minimum Gasteiger partial charge on any atom is -0.491 e. The van der Waals surface area contributed by atoms with E-state index >= 15 is 0 Å². The fraction of sp³-hybridized carbons (Fsp3) is 0.286. The summed E-state index contributed by atoms with van der Waals surface area (Å²) in [7, 11) is 1.72. The summed E-state index contributed by atoms with van der Waals surface area (Å²) in [6.45, 7) is 3.95. The maximum atomic E-state index is 13.8. The van der Waals surface area contributed by atoms with Gasteiger partial charge < -0.3 is 10.1 Å². The Kier molecular flexibility index (Phi) is 3.89. The third-order valence-electron chi connectivity index (χ3n) is 2.83. The molecule has 1 heterocycles. The first kappa shape index (κ1) is 13.9. The highest BCUT2D eigenvalue weighted by Gasteiger charge is 2.13. The average molecular weight is 274 g/mol. The molecule has 0 saturated heterocycles. The van der Waals surface area contributed by atoms with Gasteiger partial charge in [0.15, 0.2) is 11.6 Å². The average Bonchev–Trinajstić information content (AvgIpc) is 2.67. The fourth-order valence-corrected chi connectivity index (χ4v) is 1.92. The minimum absolute atomic E-state index is 0.208. The largest absolute Gasteiger partial charge is 0.491 e. The zero-order chi connectivity index (χ0) is 14.7. The number of hydrogen-bond acceptors (Lipinski definition) is 4. The molecule has 1 N–H and O–H groups in total. The van der Waals surface area contributed by atoms with Crippen molar-refractivity contribution in [2.75, 3.05) is 11.9 Å². The van der Waals surface area contributed by atoms with Crippen molar-refractivity contribution in [2.24, 2.45) is 7.05 Å². The van der Waals surface area contributed by atoms with Crippen LogP contribution in [0.25, 0.3) is 0 Å². The number of hydrogen-bond donors (Lipinski definition) is 1. The Bertz CT molecular complexity index is 673. The van der Waals surface area contributed by atoms with Crippen LogP contribution in [0.2, 0.25) is 0 Å². The van der Waals surface area contributed by atoms with E-state index in [1.54, 1.807) is 37.7 Å². The van der Waals surface area contributed by atoms with Gasteiger partial charge in [0.2, 0.25) is 0 Å². The molecule has 0 atom stereocenters. The summed E-state index contributed by atoms with van der Waals surface area (Å²) in [6.07, 6.45) is 0. The lowest BCUT2D eigenvalue weighted by atomic mass is 10.2. The minimum atomic E-state index is -0.450. The maximum absolute atomic E-state index is 13.8. The van der Waals surface area contributed by atoms with Gasteiger partial charge in [0.1, 0.15) is 17.5 Å². The zero-order valence-electron chi connectivity index (χ0n) is 11.6. The molecule has 104 valence electrons. The number of ether oxygens (including phenoxy) is 1. The van der Waals surface area contributed by atoms with E-state index in [0.29, 0.717) is 29.4 Å². The molecule has 0 radical (unpaired) electrons. The molecule has 0 bridgehead atoms. The highest BCUT2D eigenvalue weighted by Crippen LogP contribution is 2.26. The van der Waals surface area contributed by atoms with Gasteiger partial charge >= 0.3 is 0 Å². The lowest BCUT2D eigenvalue weighted by Gasteiger charge is -2.09. The molecule has 0 fully saturated rings. The van der Waals surface area contributed by atoms with Crippen molar-refractivity contribution >= 4 is 11.5 Å². The zero-order valence-corrected chi connectivity index (χ0v) is 11.6. The normalized spacial score (nSPS) is 10.2. The number of anilines is 2. The molecule has 0 unspecified atom stereocenters. The van der Waals surface area contributed by atoms with Crippen LogP contribution in [0.1, 0.15) is 18.2 Å². The van der Waals surface area contributed by atoms with E-state index in [2.05, 4.69) is 16.5 Å². The molecule has 0 spiro atoms. The van der Waals surface area contributed by atoms with Gasteiger partial charge in [0.25, 0.3) is 0 Å². The van der Waals surface area contributed by atoms with Crippen molar-refractivity contribution in [3.63, 3.8) is 0 Å². The Morgan fingerprint density at radius 3 is 2.85 bits per heavy atom. The predicted molar refractivity (Wildman–Crippen MR) is 73.5 cm³/mol. The van der Waals surface area contributed by atoms with Crippen molar-refractivity contribution in [3.05, 3.63) is 35.3 Å². The van der Waals surface area contributed by atoms with Crippen LogP contribution in [0.5, 0.6) is 5.75 Å². The summed E-state index contributed by atoms with van der Waals surface area (Å²) in [5.74, 6) is 0.294. The van der Waals surface area contributed by atoms with Crippen molar-refractivity contribution < 1.29 is 9.13 Å². The van der Waals surface area contributed by atoms with Gasteiger partial charge in [-0.15, -0.1) is 0 Å². The Hall–Kier alpha value is -2.55. The Labute approximate surface area is 116 Å². The quantitative estimate of drug-likeness (QED) is 0.931. The van der Waals surface area contributed by atoms with E-state index in [4.69, 9.17) is 10.00 Å². The second kappa shape index (κ2) is 5.61. The summed E-state index contributed by atoms with van der Waals surface area (Å²) in [5.41, 5.74) is 1.61. The molecule has 0 amide bonds. The molecule has 6 heteroatoms. The summed E-state index contributed by atoms with van der Waals surface area (Å²) < 4.78 is 20.5. The molecule has 0 aliphatic rings. The summed E-state index contributed by atoms with van der Waals surface area (Å²) in [5, 5.41) is 16.3. The van der Waals surface area contributed by atoms with Crippen LogP contribution in [0, 0.1) is 24.1 Å². The topological polar surface area (TPSA) is 62.9 Å². The number of halogens is 1. The summed E-state index contributed by atoms with van der Waals surface area (Å²) in [6, 6.07) is 6.66. The van der Waals surface area contributed by atoms with Crippen LogP contribution >= 0.6 is 0 Å². The first-order valence-electron chi connectivity index (χ1n) is 6.19. The van der Waals surface area contributed by atoms with Gasteiger partial charge in [-0.3, -0.25) is 4.68 Å². The number of nitriles is 1. The van der Waals surface area contributed by atoms with Crippen LogP contribution in [0.4, 0.5) is 15.9 Å². The van der Waals surface area contributed by atoms with Gasteiger partial charge in [0.05, 0.1) is 12.3 Å². The molecule has 0 aliphatic heterocycles. The van der Waals surface area contributed by atoms with E-state index < -0.39 is 5.82 Å². The number of nitrogens with one attached hydrogen (secondary N) is 1. The Morgan fingerprint density at radius 2 is 2.25 bits per heavy atom. The predicted octanol–water partition coefficient (Wildman–Crippen LogP) is 2.88. The molecule has 20 heavy (non-hydrogen) atoms. The Balaban J connectivity index is 2.32. The molecule has 0 aliphatic carbocycles. The smallest absolute Gasteiger partial charge is 0.167 e. The number of benzene rings is 1. The van der Waals surface area contributed by atoms with Gasteiger partial charge in [0, 0.05) is 18.8 Å². The molecule has 1 aromatic heterocycles. The molecule has 0 saturated carbocycles. The lowest BCUT2D eigenvalue weighted by Crippen LogP contribution is -2.01. The van der Waals surface area contributed by atoms with E-state index in [-0.39, 0.29) is 5.75 Å². The van der Waals surface area contributed by atoms with Gasteiger partial charge in [-0.25, -0.2) is 4.39 Å².